The van der Waals surface area contributed by atoms with E-state index in [-0.39, 0.29) is 23.8 Å². The van der Waals surface area contributed by atoms with Gasteiger partial charge in [0.15, 0.2) is 5.70 Å². The molecular weight excluding hydrogens is 370 g/mol. The van der Waals surface area contributed by atoms with Crippen molar-refractivity contribution in [3.8, 4) is 0 Å². The van der Waals surface area contributed by atoms with E-state index in [0.717, 1.165) is 68.2 Å². The van der Waals surface area contributed by atoms with Gasteiger partial charge in [0.25, 0.3) is 0 Å². The number of ether oxygens (including phenoxy) is 1. The number of fused-ring (bicyclic) bond motifs is 1. The van der Waals surface area contributed by atoms with Crippen LogP contribution in [0.5, 0.6) is 0 Å². The highest BCUT2D eigenvalue weighted by molar-refractivity contribution is 6.08. The number of aliphatic imine (C=N–C) groups is 1. The van der Waals surface area contributed by atoms with Crippen molar-refractivity contribution >= 4 is 29.8 Å². The van der Waals surface area contributed by atoms with Gasteiger partial charge in [-0.3, -0.25) is 14.2 Å². The van der Waals surface area contributed by atoms with Crippen LogP contribution in [0.2, 0.25) is 0 Å². The molecule has 1 saturated carbocycles. The molecule has 1 N–H and O–H groups in total. The van der Waals surface area contributed by atoms with Crippen LogP contribution in [0.3, 0.4) is 0 Å². The fourth-order valence-electron chi connectivity index (χ4n) is 4.69. The highest BCUT2D eigenvalue weighted by atomic mass is 16.6. The molecule has 0 radical (unpaired) electrons. The lowest BCUT2D eigenvalue weighted by Crippen LogP contribution is -2.37. The molecule has 2 heterocycles. The summed E-state index contributed by atoms with van der Waals surface area (Å²) >= 11 is 0. The predicted octanol–water partition coefficient (Wildman–Crippen LogP) is 3.02. The molecule has 7 nitrogen and oxygen atoms in total. The van der Waals surface area contributed by atoms with E-state index in [1.807, 2.05) is 6.20 Å². The van der Waals surface area contributed by atoms with E-state index in [4.69, 9.17) is 4.74 Å². The molecule has 1 aromatic heterocycles. The molecule has 2 aliphatic carbocycles. The Bertz CT molecular complexity index is 917. The van der Waals surface area contributed by atoms with Gasteiger partial charge in [0.1, 0.15) is 0 Å². The number of cyclic esters (lactones) is 1. The molecule has 0 aromatic carbocycles. The van der Waals surface area contributed by atoms with E-state index >= 15 is 0 Å². The van der Waals surface area contributed by atoms with Crippen LogP contribution in [-0.4, -0.2) is 34.3 Å². The highest BCUT2D eigenvalue weighted by Gasteiger charge is 2.33. The van der Waals surface area contributed by atoms with Crippen molar-refractivity contribution in [1.29, 1.82) is 0 Å². The van der Waals surface area contributed by atoms with E-state index in [2.05, 4.69) is 10.3 Å². The van der Waals surface area contributed by atoms with Gasteiger partial charge >= 0.3 is 5.97 Å². The zero-order valence-corrected chi connectivity index (χ0v) is 17.0. The molecule has 1 amide bonds. The van der Waals surface area contributed by atoms with E-state index < -0.39 is 5.97 Å². The minimum absolute atomic E-state index is 0.0101. The van der Waals surface area contributed by atoms with Crippen LogP contribution < -0.4 is 5.32 Å². The number of carbonyl (C=O) groups is 3. The Balaban J connectivity index is 1.53. The van der Waals surface area contributed by atoms with Crippen molar-refractivity contribution in [1.82, 2.24) is 9.88 Å². The number of hydrogen-bond donors (Lipinski definition) is 1. The third kappa shape index (κ3) is 4.04. The molecule has 0 unspecified atom stereocenters. The van der Waals surface area contributed by atoms with Crippen molar-refractivity contribution < 1.29 is 19.1 Å². The van der Waals surface area contributed by atoms with Crippen molar-refractivity contribution in [3.05, 3.63) is 28.7 Å². The van der Waals surface area contributed by atoms with Crippen molar-refractivity contribution in [2.75, 3.05) is 0 Å². The van der Waals surface area contributed by atoms with E-state index in [9.17, 15) is 14.4 Å². The standard InChI is InChI=1S/C22H27N3O4/c1-13(26)23-17-9-7-15(8-10-17)21-24-19(22(28)29-21)11-16-12-25(14(2)27)20-6-4-3-5-18(16)20/h11-12,15,17H,3-10H2,1-2H3,(H,23,26)/b19-11-. The van der Waals surface area contributed by atoms with Crippen LogP contribution in [0.4, 0.5) is 0 Å². The molecule has 0 saturated heterocycles. The molecular formula is C22H27N3O4. The fourth-order valence-corrected chi connectivity index (χ4v) is 4.69. The zero-order chi connectivity index (χ0) is 20.5. The van der Waals surface area contributed by atoms with Gasteiger partial charge < -0.3 is 10.1 Å². The number of nitrogens with zero attached hydrogens (tertiary/aromatic N) is 2. The summed E-state index contributed by atoms with van der Waals surface area (Å²) in [6.45, 7) is 3.09. The van der Waals surface area contributed by atoms with Crippen molar-refractivity contribution in [3.63, 3.8) is 0 Å². The van der Waals surface area contributed by atoms with Crippen molar-refractivity contribution in [2.24, 2.45) is 10.9 Å². The molecule has 3 aliphatic rings. The fraction of sp³-hybridized carbons (Fsp3) is 0.545. The minimum Gasteiger partial charge on any atom is -0.406 e. The van der Waals surface area contributed by atoms with Crippen LogP contribution in [0, 0.1) is 5.92 Å². The number of hydrogen-bond acceptors (Lipinski definition) is 5. The summed E-state index contributed by atoms with van der Waals surface area (Å²) in [5, 5.41) is 2.96. The third-order valence-electron chi connectivity index (χ3n) is 6.10. The lowest BCUT2D eigenvalue weighted by molar-refractivity contribution is -0.130. The number of rotatable bonds is 3. The van der Waals surface area contributed by atoms with Gasteiger partial charge in [0.05, 0.1) is 0 Å². The summed E-state index contributed by atoms with van der Waals surface area (Å²) in [4.78, 5) is 40.1. The second-order valence-corrected chi connectivity index (χ2v) is 8.22. The van der Waals surface area contributed by atoms with Gasteiger partial charge in [-0.05, 0) is 68.6 Å². The molecule has 7 heteroatoms. The summed E-state index contributed by atoms with van der Waals surface area (Å²) in [7, 11) is 0. The topological polar surface area (TPSA) is 89.8 Å². The summed E-state index contributed by atoms with van der Waals surface area (Å²) in [6.07, 6.45) is 10.9. The SMILES string of the molecule is CC(=O)NC1CCC(C2=N/C(=C\c3cn(C(C)=O)c4c3CCCC4)C(=O)O2)CC1. The Labute approximate surface area is 170 Å². The average molecular weight is 397 g/mol. The van der Waals surface area contributed by atoms with Crippen LogP contribution in [-0.2, 0) is 27.2 Å². The van der Waals surface area contributed by atoms with Crippen LogP contribution in [0.1, 0.15) is 74.0 Å². The monoisotopic (exact) mass is 397 g/mol. The van der Waals surface area contributed by atoms with Crippen molar-refractivity contribution in [2.45, 2.75) is 71.3 Å². The van der Waals surface area contributed by atoms with Gasteiger partial charge in [-0.1, -0.05) is 0 Å². The molecule has 4 rings (SSSR count). The second kappa shape index (κ2) is 7.97. The lowest BCUT2D eigenvalue weighted by atomic mass is 9.86. The molecule has 29 heavy (non-hydrogen) atoms. The molecule has 154 valence electrons. The number of nitrogens with one attached hydrogen (secondary N) is 1. The van der Waals surface area contributed by atoms with E-state index in [1.165, 1.54) is 6.92 Å². The maximum Gasteiger partial charge on any atom is 0.363 e. The third-order valence-corrected chi connectivity index (χ3v) is 6.10. The highest BCUT2D eigenvalue weighted by Crippen LogP contribution is 2.32. The second-order valence-electron chi connectivity index (χ2n) is 8.22. The number of carbonyl (C=O) groups excluding carboxylic acids is 3. The minimum atomic E-state index is -0.427. The van der Waals surface area contributed by atoms with Gasteiger partial charge in [-0.2, -0.15) is 0 Å². The molecule has 1 aromatic rings. The first-order valence-electron chi connectivity index (χ1n) is 10.5. The molecule has 0 atom stereocenters. The largest absolute Gasteiger partial charge is 0.406 e. The smallest absolute Gasteiger partial charge is 0.363 e. The van der Waals surface area contributed by atoms with E-state index in [1.54, 1.807) is 17.6 Å². The van der Waals surface area contributed by atoms with Gasteiger partial charge in [-0.15, -0.1) is 0 Å². The van der Waals surface area contributed by atoms with Gasteiger partial charge in [0.2, 0.25) is 17.7 Å². The average Bonchev–Trinajstić information content (AvgIpc) is 3.24. The Kier molecular flexibility index (Phi) is 5.39. The normalized spacial score (nSPS) is 25.4. The van der Waals surface area contributed by atoms with Crippen LogP contribution in [0.15, 0.2) is 16.9 Å². The Morgan fingerprint density at radius 2 is 1.90 bits per heavy atom. The summed E-state index contributed by atoms with van der Waals surface area (Å²) in [6, 6.07) is 0.189. The summed E-state index contributed by atoms with van der Waals surface area (Å²) in [5.74, 6) is 0.142. The van der Waals surface area contributed by atoms with E-state index in [0.29, 0.717) is 11.6 Å². The first kappa shape index (κ1) is 19.6. The Hall–Kier alpha value is -2.70. The first-order valence-corrected chi connectivity index (χ1v) is 10.5. The van der Waals surface area contributed by atoms with Gasteiger partial charge in [0, 0.05) is 37.7 Å². The lowest BCUT2D eigenvalue weighted by Gasteiger charge is -2.27. The Morgan fingerprint density at radius 1 is 1.17 bits per heavy atom. The predicted molar refractivity (Wildman–Crippen MR) is 108 cm³/mol. The van der Waals surface area contributed by atoms with Crippen LogP contribution >= 0.6 is 0 Å². The van der Waals surface area contributed by atoms with Gasteiger partial charge in [-0.25, -0.2) is 9.79 Å². The zero-order valence-electron chi connectivity index (χ0n) is 17.0. The summed E-state index contributed by atoms with van der Waals surface area (Å²) in [5.41, 5.74) is 3.40. The maximum absolute atomic E-state index is 12.4. The molecule has 1 aliphatic heterocycles. The first-order chi connectivity index (χ1) is 13.9. The Morgan fingerprint density at radius 3 is 2.59 bits per heavy atom. The molecule has 0 spiro atoms. The maximum atomic E-state index is 12.4. The number of amides is 1. The quantitative estimate of drug-likeness (QED) is 0.627. The molecule has 0 bridgehead atoms. The van der Waals surface area contributed by atoms with Crippen LogP contribution in [0.25, 0.3) is 6.08 Å². The molecule has 1 fully saturated rings. The summed E-state index contributed by atoms with van der Waals surface area (Å²) < 4.78 is 7.19. The number of esters is 1. The number of aromatic nitrogens is 1.